The van der Waals surface area contributed by atoms with Gasteiger partial charge < -0.3 is 19.1 Å². The topological polar surface area (TPSA) is 51.2 Å². The number of nitrogens with zero attached hydrogens (tertiary/aromatic N) is 2. The molecule has 1 fully saturated rings. The normalized spacial score (nSPS) is 15.6. The van der Waals surface area contributed by atoms with Crippen LogP contribution in [-0.4, -0.2) is 68.8 Å². The van der Waals surface area contributed by atoms with Crippen molar-refractivity contribution in [3.05, 3.63) is 23.8 Å². The van der Waals surface area contributed by atoms with Gasteiger partial charge in [-0.1, -0.05) is 6.07 Å². The second-order valence-corrected chi connectivity index (χ2v) is 7.13. The van der Waals surface area contributed by atoms with Crippen LogP contribution >= 0.6 is 0 Å². The van der Waals surface area contributed by atoms with Crippen molar-refractivity contribution in [2.45, 2.75) is 45.4 Å². The molecule has 0 aliphatic carbocycles. The number of likely N-dealkylation sites (tertiary alicyclic amines) is 1. The first kappa shape index (κ1) is 20.5. The Hall–Kier alpha value is -1.79. The Kier molecular flexibility index (Phi) is 7.72. The molecule has 6 heteroatoms. The van der Waals surface area contributed by atoms with Crippen LogP contribution < -0.4 is 9.47 Å². The van der Waals surface area contributed by atoms with E-state index in [9.17, 15) is 4.79 Å². The second-order valence-electron chi connectivity index (χ2n) is 7.13. The molecule has 0 radical (unpaired) electrons. The van der Waals surface area contributed by atoms with Crippen LogP contribution in [0.15, 0.2) is 18.2 Å². The number of amides is 1. The van der Waals surface area contributed by atoms with Gasteiger partial charge in [0.2, 0.25) is 5.91 Å². The Bertz CT molecular complexity index is 583. The fraction of sp³-hybridized carbons (Fsp3) is 0.650. The highest BCUT2D eigenvalue weighted by atomic mass is 16.5. The van der Waals surface area contributed by atoms with Crippen molar-refractivity contribution in [1.29, 1.82) is 0 Å². The molecule has 1 aliphatic heterocycles. The molecule has 146 valence electrons. The van der Waals surface area contributed by atoms with Crippen molar-refractivity contribution >= 4 is 5.91 Å². The van der Waals surface area contributed by atoms with Gasteiger partial charge in [0.05, 0.1) is 7.11 Å². The maximum atomic E-state index is 11.9. The summed E-state index contributed by atoms with van der Waals surface area (Å²) in [6.45, 7) is 6.77. The molecular formula is C20H32N2O4. The Labute approximate surface area is 157 Å². The molecule has 6 nitrogen and oxygen atoms in total. The fourth-order valence-corrected chi connectivity index (χ4v) is 3.00. The minimum atomic E-state index is 0.0438. The Morgan fingerprint density at radius 2 is 1.92 bits per heavy atom. The van der Waals surface area contributed by atoms with Gasteiger partial charge in [-0.05, 0) is 38.6 Å². The van der Waals surface area contributed by atoms with Crippen LogP contribution in [0.1, 0.15) is 32.3 Å². The van der Waals surface area contributed by atoms with Gasteiger partial charge in [0.1, 0.15) is 12.7 Å². The Balaban J connectivity index is 1.99. The molecule has 1 aromatic carbocycles. The molecular weight excluding hydrogens is 332 g/mol. The highest BCUT2D eigenvalue weighted by Crippen LogP contribution is 2.31. The number of methoxy groups -OCH3 is 2. The predicted molar refractivity (Wildman–Crippen MR) is 102 cm³/mol. The van der Waals surface area contributed by atoms with Crippen LogP contribution in [-0.2, 0) is 16.1 Å². The summed E-state index contributed by atoms with van der Waals surface area (Å²) in [4.78, 5) is 16.0. The number of carbonyl (C=O) groups excluding carboxylic acids is 1. The summed E-state index contributed by atoms with van der Waals surface area (Å²) in [5, 5.41) is 0. The van der Waals surface area contributed by atoms with E-state index in [0.717, 1.165) is 30.9 Å². The van der Waals surface area contributed by atoms with Crippen LogP contribution in [0.5, 0.6) is 11.5 Å². The number of benzene rings is 1. The summed E-state index contributed by atoms with van der Waals surface area (Å²) in [5.74, 6) is 1.57. The molecule has 0 atom stereocenters. The Morgan fingerprint density at radius 1 is 1.23 bits per heavy atom. The fourth-order valence-electron chi connectivity index (χ4n) is 3.00. The number of hydrogen-bond donors (Lipinski definition) is 0. The number of hydrogen-bond acceptors (Lipinski definition) is 5. The summed E-state index contributed by atoms with van der Waals surface area (Å²) in [6, 6.07) is 6.60. The minimum absolute atomic E-state index is 0.0438. The van der Waals surface area contributed by atoms with Gasteiger partial charge in [0.25, 0.3) is 0 Å². The van der Waals surface area contributed by atoms with E-state index in [2.05, 4.69) is 37.9 Å². The van der Waals surface area contributed by atoms with Crippen LogP contribution in [0.4, 0.5) is 0 Å². The largest absolute Gasteiger partial charge is 0.493 e. The molecule has 0 unspecified atom stereocenters. The minimum Gasteiger partial charge on any atom is -0.493 e. The zero-order valence-electron chi connectivity index (χ0n) is 16.7. The van der Waals surface area contributed by atoms with Crippen LogP contribution in [0.2, 0.25) is 0 Å². The maximum absolute atomic E-state index is 11.9. The summed E-state index contributed by atoms with van der Waals surface area (Å²) < 4.78 is 16.6. The summed E-state index contributed by atoms with van der Waals surface area (Å²) in [5.41, 5.74) is 1.20. The number of piperidine rings is 1. The van der Waals surface area contributed by atoms with E-state index in [1.165, 1.54) is 5.56 Å². The highest BCUT2D eigenvalue weighted by Gasteiger charge is 2.24. The zero-order chi connectivity index (χ0) is 19.1. The summed E-state index contributed by atoms with van der Waals surface area (Å²) >= 11 is 0. The van der Waals surface area contributed by atoms with Gasteiger partial charge in [-0.15, -0.1) is 0 Å². The first-order valence-electron chi connectivity index (χ1n) is 9.25. The smallest absolute Gasteiger partial charge is 0.248 e. The average molecular weight is 364 g/mol. The van der Waals surface area contributed by atoms with Gasteiger partial charge in [-0.2, -0.15) is 0 Å². The molecule has 1 heterocycles. The Morgan fingerprint density at radius 3 is 2.50 bits per heavy atom. The summed E-state index contributed by atoms with van der Waals surface area (Å²) in [6.07, 6.45) is 1.72. The molecule has 26 heavy (non-hydrogen) atoms. The number of ether oxygens (including phenoxy) is 3. The van der Waals surface area contributed by atoms with E-state index < -0.39 is 0 Å². The molecule has 1 aliphatic rings. The lowest BCUT2D eigenvalue weighted by Gasteiger charge is -2.32. The lowest BCUT2D eigenvalue weighted by Crippen LogP contribution is -2.43. The van der Waals surface area contributed by atoms with Gasteiger partial charge in [0.15, 0.2) is 11.5 Å². The second kappa shape index (κ2) is 9.78. The SMILES string of the molecule is COCC(=O)N1CCC(Oc2cc(CN(C)C(C)C)ccc2OC)CC1. The number of rotatable bonds is 8. The van der Waals surface area contributed by atoms with Crippen molar-refractivity contribution in [3.63, 3.8) is 0 Å². The van der Waals surface area contributed by atoms with Crippen molar-refractivity contribution in [2.24, 2.45) is 0 Å². The van der Waals surface area contributed by atoms with Gasteiger partial charge in [-0.25, -0.2) is 0 Å². The lowest BCUT2D eigenvalue weighted by molar-refractivity contribution is -0.136. The zero-order valence-corrected chi connectivity index (χ0v) is 16.7. The van der Waals surface area contributed by atoms with Crippen LogP contribution in [0.3, 0.4) is 0 Å². The average Bonchev–Trinajstić information content (AvgIpc) is 2.62. The third-order valence-electron chi connectivity index (χ3n) is 4.90. The molecule has 2 rings (SSSR count). The molecule has 1 aromatic rings. The first-order chi connectivity index (χ1) is 12.4. The van der Waals surface area contributed by atoms with Gasteiger partial charge in [-0.3, -0.25) is 9.69 Å². The van der Waals surface area contributed by atoms with Crippen LogP contribution in [0.25, 0.3) is 0 Å². The van der Waals surface area contributed by atoms with E-state index >= 15 is 0 Å². The summed E-state index contributed by atoms with van der Waals surface area (Å²) in [7, 11) is 5.32. The molecule has 1 saturated heterocycles. The van der Waals surface area contributed by atoms with E-state index in [4.69, 9.17) is 14.2 Å². The molecule has 0 saturated carbocycles. The maximum Gasteiger partial charge on any atom is 0.248 e. The van der Waals surface area contributed by atoms with Crippen molar-refractivity contribution < 1.29 is 19.0 Å². The third kappa shape index (κ3) is 5.61. The van der Waals surface area contributed by atoms with Crippen molar-refractivity contribution in [1.82, 2.24) is 9.80 Å². The molecule has 0 N–H and O–H groups in total. The van der Waals surface area contributed by atoms with E-state index in [1.807, 2.05) is 11.0 Å². The van der Waals surface area contributed by atoms with Crippen LogP contribution in [0, 0.1) is 0 Å². The molecule has 1 amide bonds. The van der Waals surface area contributed by atoms with Crippen molar-refractivity contribution in [2.75, 3.05) is 41.0 Å². The monoisotopic (exact) mass is 364 g/mol. The molecule has 0 bridgehead atoms. The van der Waals surface area contributed by atoms with E-state index in [0.29, 0.717) is 19.1 Å². The standard InChI is InChI=1S/C20H32N2O4/c1-15(2)21(3)13-16-6-7-18(25-5)19(12-16)26-17-8-10-22(11-9-17)20(23)14-24-4/h6-7,12,15,17H,8-11,13-14H2,1-5H3. The quantitative estimate of drug-likeness (QED) is 0.710. The van der Waals surface area contributed by atoms with E-state index in [-0.39, 0.29) is 18.6 Å². The van der Waals surface area contributed by atoms with Gasteiger partial charge in [0, 0.05) is 45.6 Å². The van der Waals surface area contributed by atoms with E-state index in [1.54, 1.807) is 14.2 Å². The molecule has 0 aromatic heterocycles. The number of carbonyl (C=O) groups is 1. The highest BCUT2D eigenvalue weighted by molar-refractivity contribution is 5.77. The van der Waals surface area contributed by atoms with Gasteiger partial charge >= 0.3 is 0 Å². The lowest BCUT2D eigenvalue weighted by atomic mass is 10.1. The van der Waals surface area contributed by atoms with Crippen molar-refractivity contribution in [3.8, 4) is 11.5 Å². The predicted octanol–water partition coefficient (Wildman–Crippen LogP) is 2.55. The third-order valence-corrected chi connectivity index (χ3v) is 4.90. The molecule has 0 spiro atoms. The first-order valence-corrected chi connectivity index (χ1v) is 9.25.